The lowest BCUT2D eigenvalue weighted by Crippen LogP contribution is -2.30. The Balaban J connectivity index is 1.45. The molecule has 1 heterocycles. The molecule has 0 atom stereocenters. The number of alkyl halides is 3. The molecule has 1 aromatic heterocycles. The molecule has 0 aliphatic rings. The zero-order valence-electron chi connectivity index (χ0n) is 14.9. The van der Waals surface area contributed by atoms with Crippen molar-refractivity contribution in [1.29, 1.82) is 0 Å². The van der Waals surface area contributed by atoms with Crippen LogP contribution in [0.2, 0.25) is 5.02 Å². The number of carbonyl (C=O) groups is 1. The lowest BCUT2D eigenvalue weighted by Gasteiger charge is -2.06. The third-order valence-electron chi connectivity index (χ3n) is 3.78. The van der Waals surface area contributed by atoms with Crippen molar-refractivity contribution in [1.82, 2.24) is 15.5 Å². The molecule has 0 fully saturated rings. The molecule has 0 aliphatic carbocycles. The van der Waals surface area contributed by atoms with Crippen LogP contribution < -0.4 is 10.1 Å². The average Bonchev–Trinajstić information content (AvgIpc) is 3.16. The second kappa shape index (κ2) is 8.95. The highest BCUT2D eigenvalue weighted by Crippen LogP contribution is 2.30. The zero-order valence-corrected chi connectivity index (χ0v) is 15.6. The number of hydrogen-bond donors (Lipinski definition) is 1. The van der Waals surface area contributed by atoms with Crippen LogP contribution in [-0.4, -0.2) is 29.2 Å². The normalized spacial score (nSPS) is 11.3. The molecule has 1 amide bonds. The van der Waals surface area contributed by atoms with E-state index in [0.717, 1.165) is 12.1 Å². The van der Waals surface area contributed by atoms with E-state index in [1.807, 2.05) is 0 Å². The molecule has 10 heteroatoms. The lowest BCUT2D eigenvalue weighted by atomic mass is 10.1. The molecular weight excluding hydrogens is 411 g/mol. The summed E-state index contributed by atoms with van der Waals surface area (Å²) in [6.45, 7) is 0.0692. The number of ether oxygens (including phenoxy) is 1. The lowest BCUT2D eigenvalue weighted by molar-refractivity contribution is -0.137. The summed E-state index contributed by atoms with van der Waals surface area (Å²) in [6.07, 6.45) is -4.14. The summed E-state index contributed by atoms with van der Waals surface area (Å²) in [7, 11) is 0. The maximum Gasteiger partial charge on any atom is 0.416 e. The Kier molecular flexibility index (Phi) is 6.38. The molecule has 2 aromatic carbocycles. The Morgan fingerprint density at radius 2 is 1.79 bits per heavy atom. The van der Waals surface area contributed by atoms with Gasteiger partial charge in [-0.25, -0.2) is 0 Å². The van der Waals surface area contributed by atoms with Gasteiger partial charge >= 0.3 is 6.18 Å². The number of benzene rings is 2. The number of amides is 1. The van der Waals surface area contributed by atoms with Crippen molar-refractivity contribution < 1.29 is 27.2 Å². The minimum absolute atomic E-state index is 0.164. The van der Waals surface area contributed by atoms with E-state index in [1.54, 1.807) is 24.3 Å². The molecule has 0 unspecified atom stereocenters. The summed E-state index contributed by atoms with van der Waals surface area (Å²) >= 11 is 5.77. The topological polar surface area (TPSA) is 77.2 Å². The third kappa shape index (κ3) is 5.95. The standard InChI is InChI=1S/C19H15ClF3N3O3/c20-14-5-7-15(8-6-14)28-11-16(27)24-10-9-17-25-18(26-29-17)12-1-3-13(4-2-12)19(21,22)23/h1-8H,9-11H2,(H,24,27). The highest BCUT2D eigenvalue weighted by Gasteiger charge is 2.30. The van der Waals surface area contributed by atoms with E-state index >= 15 is 0 Å². The van der Waals surface area contributed by atoms with Crippen LogP contribution in [0.1, 0.15) is 11.5 Å². The maximum atomic E-state index is 12.6. The second-order valence-electron chi connectivity index (χ2n) is 5.93. The highest BCUT2D eigenvalue weighted by atomic mass is 35.5. The molecule has 1 N–H and O–H groups in total. The Morgan fingerprint density at radius 1 is 1.10 bits per heavy atom. The first kappa shape index (κ1) is 20.7. The van der Waals surface area contributed by atoms with Crippen LogP contribution in [0, 0.1) is 0 Å². The van der Waals surface area contributed by atoms with Crippen molar-refractivity contribution in [3.63, 3.8) is 0 Å². The predicted octanol–water partition coefficient (Wildman–Crippen LogP) is 4.15. The molecule has 0 saturated heterocycles. The monoisotopic (exact) mass is 425 g/mol. The maximum absolute atomic E-state index is 12.6. The summed E-state index contributed by atoms with van der Waals surface area (Å²) in [5, 5.41) is 6.95. The Bertz CT molecular complexity index is 957. The van der Waals surface area contributed by atoms with Gasteiger partial charge in [-0.2, -0.15) is 18.2 Å². The van der Waals surface area contributed by atoms with Crippen LogP contribution in [0.5, 0.6) is 5.75 Å². The predicted molar refractivity (Wildman–Crippen MR) is 98.4 cm³/mol. The number of aromatic nitrogens is 2. The first-order valence-electron chi connectivity index (χ1n) is 8.46. The van der Waals surface area contributed by atoms with E-state index in [2.05, 4.69) is 15.5 Å². The minimum atomic E-state index is -4.41. The van der Waals surface area contributed by atoms with Crippen molar-refractivity contribution in [3.05, 3.63) is 65.0 Å². The first-order valence-corrected chi connectivity index (χ1v) is 8.84. The van der Waals surface area contributed by atoms with Crippen LogP contribution in [0.4, 0.5) is 13.2 Å². The van der Waals surface area contributed by atoms with Gasteiger partial charge in [-0.3, -0.25) is 4.79 Å². The van der Waals surface area contributed by atoms with Crippen molar-refractivity contribution in [3.8, 4) is 17.1 Å². The van der Waals surface area contributed by atoms with Crippen LogP contribution in [0.15, 0.2) is 53.1 Å². The Morgan fingerprint density at radius 3 is 2.45 bits per heavy atom. The molecule has 0 saturated carbocycles. The van der Waals surface area contributed by atoms with Crippen LogP contribution >= 0.6 is 11.6 Å². The summed E-state index contributed by atoms with van der Waals surface area (Å²) < 4.78 is 48.2. The van der Waals surface area contributed by atoms with Gasteiger partial charge in [-0.15, -0.1) is 0 Å². The van der Waals surface area contributed by atoms with E-state index < -0.39 is 11.7 Å². The Labute approximate surface area is 168 Å². The molecule has 3 aromatic rings. The fraction of sp³-hybridized carbons (Fsp3) is 0.211. The van der Waals surface area contributed by atoms with Gasteiger partial charge in [-0.05, 0) is 36.4 Å². The Hall–Kier alpha value is -3.07. The fourth-order valence-corrected chi connectivity index (χ4v) is 2.45. The molecule has 29 heavy (non-hydrogen) atoms. The van der Waals surface area contributed by atoms with Crippen LogP contribution in [-0.2, 0) is 17.4 Å². The van der Waals surface area contributed by atoms with Gasteiger partial charge in [-0.1, -0.05) is 28.9 Å². The van der Waals surface area contributed by atoms with E-state index in [-0.39, 0.29) is 37.2 Å². The number of halogens is 4. The fourth-order valence-electron chi connectivity index (χ4n) is 2.32. The van der Waals surface area contributed by atoms with E-state index in [0.29, 0.717) is 16.3 Å². The molecule has 0 bridgehead atoms. The summed E-state index contributed by atoms with van der Waals surface area (Å²) in [5.74, 6) is 0.606. The number of rotatable bonds is 7. The minimum Gasteiger partial charge on any atom is -0.484 e. The number of hydrogen-bond acceptors (Lipinski definition) is 5. The molecule has 3 rings (SSSR count). The van der Waals surface area contributed by atoms with E-state index in [9.17, 15) is 18.0 Å². The second-order valence-corrected chi connectivity index (χ2v) is 6.37. The summed E-state index contributed by atoms with van der Waals surface area (Å²) in [5.41, 5.74) is -0.359. The molecular formula is C19H15ClF3N3O3. The van der Waals surface area contributed by atoms with Gasteiger partial charge in [0.1, 0.15) is 5.75 Å². The quantitative estimate of drug-likeness (QED) is 0.615. The number of carbonyl (C=O) groups excluding carboxylic acids is 1. The van der Waals surface area contributed by atoms with Gasteiger partial charge in [0, 0.05) is 23.6 Å². The molecule has 6 nitrogen and oxygen atoms in total. The van der Waals surface area contributed by atoms with Crippen LogP contribution in [0.3, 0.4) is 0 Å². The van der Waals surface area contributed by atoms with Gasteiger partial charge in [0.25, 0.3) is 5.91 Å². The number of nitrogens with one attached hydrogen (secondary N) is 1. The van der Waals surface area contributed by atoms with Crippen LogP contribution in [0.25, 0.3) is 11.4 Å². The van der Waals surface area contributed by atoms with E-state index in [4.69, 9.17) is 20.9 Å². The highest BCUT2D eigenvalue weighted by molar-refractivity contribution is 6.30. The van der Waals surface area contributed by atoms with Gasteiger partial charge in [0.2, 0.25) is 11.7 Å². The zero-order chi connectivity index (χ0) is 20.9. The first-order chi connectivity index (χ1) is 13.8. The smallest absolute Gasteiger partial charge is 0.416 e. The summed E-state index contributed by atoms with van der Waals surface area (Å²) in [4.78, 5) is 15.9. The summed E-state index contributed by atoms with van der Waals surface area (Å²) in [6, 6.07) is 11.0. The molecule has 0 aliphatic heterocycles. The van der Waals surface area contributed by atoms with E-state index in [1.165, 1.54) is 12.1 Å². The molecule has 0 spiro atoms. The number of nitrogens with zero attached hydrogens (tertiary/aromatic N) is 2. The SMILES string of the molecule is O=C(COc1ccc(Cl)cc1)NCCc1nc(-c2ccc(C(F)(F)F)cc2)no1. The van der Waals surface area contributed by atoms with Gasteiger partial charge in [0.15, 0.2) is 6.61 Å². The largest absolute Gasteiger partial charge is 0.484 e. The molecule has 152 valence electrons. The molecule has 0 radical (unpaired) electrons. The third-order valence-corrected chi connectivity index (χ3v) is 4.04. The van der Waals surface area contributed by atoms with Crippen molar-refractivity contribution in [2.75, 3.05) is 13.2 Å². The van der Waals surface area contributed by atoms with Crippen molar-refractivity contribution >= 4 is 17.5 Å². The van der Waals surface area contributed by atoms with Gasteiger partial charge in [0.05, 0.1) is 5.56 Å². The van der Waals surface area contributed by atoms with Gasteiger partial charge < -0.3 is 14.6 Å². The van der Waals surface area contributed by atoms with Crippen molar-refractivity contribution in [2.45, 2.75) is 12.6 Å². The van der Waals surface area contributed by atoms with Crippen molar-refractivity contribution in [2.24, 2.45) is 0 Å². The average molecular weight is 426 g/mol.